The molecule has 1 aromatic heterocycles. The van der Waals surface area contributed by atoms with Gasteiger partial charge in [0.2, 0.25) is 10.0 Å². The van der Waals surface area contributed by atoms with Gasteiger partial charge in [-0.1, -0.05) is 12.1 Å². The number of hydrogen-bond acceptors (Lipinski definition) is 6. The van der Waals surface area contributed by atoms with E-state index >= 15 is 0 Å². The van der Waals surface area contributed by atoms with Gasteiger partial charge in [-0.05, 0) is 36.4 Å². The minimum Gasteiger partial charge on any atom is -0.497 e. The Morgan fingerprint density at radius 1 is 1.00 bits per heavy atom. The molecule has 32 heavy (non-hydrogen) atoms. The van der Waals surface area contributed by atoms with E-state index in [1.165, 1.54) is 23.5 Å². The summed E-state index contributed by atoms with van der Waals surface area (Å²) in [5.41, 5.74) is 0.576. The quantitative estimate of drug-likeness (QED) is 0.540. The van der Waals surface area contributed by atoms with Crippen molar-refractivity contribution in [3.8, 4) is 17.0 Å². The fourth-order valence-corrected chi connectivity index (χ4v) is 6.01. The molecule has 1 fully saturated rings. The lowest BCUT2D eigenvalue weighted by atomic mass is 10.2. The van der Waals surface area contributed by atoms with E-state index in [-0.39, 0.29) is 13.1 Å². The van der Waals surface area contributed by atoms with Crippen LogP contribution in [0, 0.1) is 0 Å². The molecule has 0 aliphatic carbocycles. The summed E-state index contributed by atoms with van der Waals surface area (Å²) in [4.78, 5) is 5.87. The van der Waals surface area contributed by atoms with Crippen LogP contribution in [0.15, 0.2) is 58.8 Å². The van der Waals surface area contributed by atoms with Crippen molar-refractivity contribution in [3.05, 3.63) is 59.5 Å². The van der Waals surface area contributed by atoms with Crippen molar-refractivity contribution in [1.29, 1.82) is 0 Å². The normalized spacial score (nSPS) is 15.7. The largest absolute Gasteiger partial charge is 0.497 e. The average molecular weight is 484 g/mol. The van der Waals surface area contributed by atoms with Crippen LogP contribution >= 0.6 is 11.3 Å². The number of piperazine rings is 1. The first-order chi connectivity index (χ1) is 15.2. The van der Waals surface area contributed by atoms with Gasteiger partial charge in [0.05, 0.1) is 23.3 Å². The number of hydrogen-bond donors (Lipinski definition) is 0. The lowest BCUT2D eigenvalue weighted by molar-refractivity contribution is -0.139. The van der Waals surface area contributed by atoms with Gasteiger partial charge in [-0.25, -0.2) is 13.4 Å². The van der Waals surface area contributed by atoms with Gasteiger partial charge < -0.3 is 9.64 Å². The van der Waals surface area contributed by atoms with Crippen molar-refractivity contribution in [2.75, 3.05) is 38.2 Å². The molecular formula is C21H20F3N3O3S2. The van der Waals surface area contributed by atoms with Gasteiger partial charge in [0.1, 0.15) is 5.75 Å². The number of rotatable bonds is 5. The van der Waals surface area contributed by atoms with Gasteiger partial charge in [0, 0.05) is 37.1 Å². The lowest BCUT2D eigenvalue weighted by Crippen LogP contribution is -2.48. The lowest BCUT2D eigenvalue weighted by Gasteiger charge is -2.34. The molecule has 11 heteroatoms. The number of methoxy groups -OCH3 is 1. The van der Waals surface area contributed by atoms with E-state index in [1.807, 2.05) is 34.5 Å². The van der Waals surface area contributed by atoms with Crippen molar-refractivity contribution in [1.82, 2.24) is 9.29 Å². The van der Waals surface area contributed by atoms with Crippen LogP contribution in [-0.4, -0.2) is 51.0 Å². The number of anilines is 1. The number of aromatic nitrogens is 1. The molecule has 0 saturated carbocycles. The molecule has 1 aliphatic heterocycles. The number of benzene rings is 2. The number of alkyl halides is 3. The van der Waals surface area contributed by atoms with Crippen LogP contribution in [0.5, 0.6) is 5.75 Å². The Morgan fingerprint density at radius 2 is 1.66 bits per heavy atom. The molecule has 0 spiro atoms. The summed E-state index contributed by atoms with van der Waals surface area (Å²) in [5.74, 6) is 0.744. The van der Waals surface area contributed by atoms with Crippen LogP contribution in [0.4, 0.5) is 18.3 Å². The van der Waals surface area contributed by atoms with Gasteiger partial charge in [0.15, 0.2) is 5.13 Å². The van der Waals surface area contributed by atoms with E-state index in [4.69, 9.17) is 4.74 Å². The molecule has 0 radical (unpaired) electrons. The summed E-state index contributed by atoms with van der Waals surface area (Å²) in [6.45, 7) is 0.823. The zero-order valence-electron chi connectivity index (χ0n) is 17.0. The third kappa shape index (κ3) is 4.45. The molecule has 6 nitrogen and oxygen atoms in total. The molecular weight excluding hydrogens is 463 g/mol. The van der Waals surface area contributed by atoms with Gasteiger partial charge in [0.25, 0.3) is 0 Å². The zero-order valence-corrected chi connectivity index (χ0v) is 18.7. The van der Waals surface area contributed by atoms with Crippen LogP contribution in [0.1, 0.15) is 5.56 Å². The maximum absolute atomic E-state index is 13.3. The maximum Gasteiger partial charge on any atom is 0.417 e. The number of halogens is 3. The highest BCUT2D eigenvalue weighted by Gasteiger charge is 2.39. The Morgan fingerprint density at radius 3 is 2.28 bits per heavy atom. The number of thiazole rings is 1. The second-order valence-electron chi connectivity index (χ2n) is 7.13. The van der Waals surface area contributed by atoms with Gasteiger partial charge in [-0.3, -0.25) is 0 Å². The summed E-state index contributed by atoms with van der Waals surface area (Å²) >= 11 is 1.44. The monoisotopic (exact) mass is 483 g/mol. The molecule has 170 valence electrons. The minimum absolute atomic E-state index is 0.0754. The predicted molar refractivity (Wildman–Crippen MR) is 117 cm³/mol. The van der Waals surface area contributed by atoms with Crippen molar-refractivity contribution in [2.24, 2.45) is 0 Å². The Labute approximate surface area is 187 Å². The number of nitrogens with zero attached hydrogens (tertiary/aromatic N) is 3. The third-order valence-corrected chi connectivity index (χ3v) is 8.06. The Bertz CT molecular complexity index is 1190. The first kappa shape index (κ1) is 22.6. The van der Waals surface area contributed by atoms with E-state index < -0.39 is 26.7 Å². The average Bonchev–Trinajstić information content (AvgIpc) is 3.29. The number of sulfonamides is 1. The first-order valence-electron chi connectivity index (χ1n) is 9.71. The summed E-state index contributed by atoms with van der Waals surface area (Å²) in [6.07, 6.45) is -4.75. The second-order valence-corrected chi connectivity index (χ2v) is 9.87. The highest BCUT2D eigenvalue weighted by molar-refractivity contribution is 7.89. The smallest absolute Gasteiger partial charge is 0.417 e. The van der Waals surface area contributed by atoms with Gasteiger partial charge in [-0.2, -0.15) is 17.5 Å². The molecule has 3 aromatic rings. The zero-order chi connectivity index (χ0) is 22.9. The van der Waals surface area contributed by atoms with Crippen molar-refractivity contribution >= 4 is 26.5 Å². The van der Waals surface area contributed by atoms with E-state index in [0.717, 1.165) is 38.6 Å². The molecule has 0 unspecified atom stereocenters. The molecule has 2 aromatic carbocycles. The summed E-state index contributed by atoms with van der Waals surface area (Å²) in [5, 5.41) is 2.66. The maximum atomic E-state index is 13.3. The molecule has 0 amide bonds. The highest BCUT2D eigenvalue weighted by Crippen LogP contribution is 2.36. The van der Waals surface area contributed by atoms with Crippen LogP contribution in [0.2, 0.25) is 0 Å². The highest BCUT2D eigenvalue weighted by atomic mass is 32.2. The van der Waals surface area contributed by atoms with E-state index in [0.29, 0.717) is 13.1 Å². The summed E-state index contributed by atoms with van der Waals surface area (Å²) in [6, 6.07) is 11.8. The molecule has 4 rings (SSSR count). The summed E-state index contributed by atoms with van der Waals surface area (Å²) in [7, 11) is -2.67. The summed E-state index contributed by atoms with van der Waals surface area (Å²) < 4.78 is 72.0. The molecule has 1 saturated heterocycles. The minimum atomic E-state index is -4.75. The SMILES string of the molecule is COc1ccc(-c2csc(N3CCN(S(=O)(=O)c4ccccc4C(F)(F)F)CC3)n2)cc1. The number of ether oxygens (including phenoxy) is 1. The van der Waals surface area contributed by atoms with Gasteiger partial charge >= 0.3 is 6.18 Å². The standard InChI is InChI=1S/C21H20F3N3O3S2/c1-30-16-8-6-15(7-9-16)18-14-31-20(25-18)26-10-12-27(13-11-26)32(28,29)19-5-3-2-4-17(19)21(22,23)24/h2-9,14H,10-13H2,1H3. The molecule has 2 heterocycles. The van der Waals surface area contributed by atoms with Crippen LogP contribution in [0.3, 0.4) is 0 Å². The second kappa shape index (κ2) is 8.72. The molecule has 0 bridgehead atoms. The van der Waals surface area contributed by atoms with Crippen molar-refractivity contribution in [3.63, 3.8) is 0 Å². The Kier molecular flexibility index (Phi) is 6.15. The van der Waals surface area contributed by atoms with Crippen LogP contribution in [0.25, 0.3) is 11.3 Å². The van der Waals surface area contributed by atoms with Crippen LogP contribution < -0.4 is 9.64 Å². The predicted octanol–water partition coefficient (Wildman–Crippen LogP) is 4.35. The van der Waals surface area contributed by atoms with Crippen molar-refractivity contribution in [2.45, 2.75) is 11.1 Å². The Hall–Kier alpha value is -2.63. The first-order valence-corrected chi connectivity index (χ1v) is 12.0. The van der Waals surface area contributed by atoms with E-state index in [9.17, 15) is 21.6 Å². The van der Waals surface area contributed by atoms with Gasteiger partial charge in [-0.15, -0.1) is 11.3 Å². The van der Waals surface area contributed by atoms with Crippen molar-refractivity contribution < 1.29 is 26.3 Å². The van der Waals surface area contributed by atoms with Crippen LogP contribution in [-0.2, 0) is 16.2 Å². The van der Waals surface area contributed by atoms with E-state index in [2.05, 4.69) is 4.98 Å². The molecule has 1 aliphatic rings. The molecule has 0 atom stereocenters. The Balaban J connectivity index is 1.47. The van der Waals surface area contributed by atoms with E-state index in [1.54, 1.807) is 7.11 Å². The third-order valence-electron chi connectivity index (χ3n) is 5.20. The molecule has 0 N–H and O–H groups in total. The fourth-order valence-electron chi connectivity index (χ4n) is 3.49. The fraction of sp³-hybridized carbons (Fsp3) is 0.286. The topological polar surface area (TPSA) is 62.7 Å².